The van der Waals surface area contributed by atoms with Crippen LogP contribution in [0.1, 0.15) is 5.56 Å². The molecule has 0 saturated heterocycles. The molecule has 0 aliphatic carbocycles. The van der Waals surface area contributed by atoms with Crippen LogP contribution in [0, 0.1) is 0 Å². The lowest BCUT2D eigenvalue weighted by Gasteiger charge is -2.17. The first-order valence-electron chi connectivity index (χ1n) is 13.9. The quantitative estimate of drug-likeness (QED) is 0.127. The summed E-state index contributed by atoms with van der Waals surface area (Å²) in [5.74, 6) is 2.04. The van der Waals surface area contributed by atoms with Gasteiger partial charge in [0.25, 0.3) is 0 Å². The number of nitrogens with zero attached hydrogens (tertiary/aromatic N) is 3. The van der Waals surface area contributed by atoms with Gasteiger partial charge in [-0.2, -0.15) is 0 Å². The molecular formula is C33H34N4O3Si. The molecule has 0 saturated carbocycles. The monoisotopic (exact) mass is 562 g/mol. The van der Waals surface area contributed by atoms with Gasteiger partial charge in [0.2, 0.25) is 5.88 Å². The van der Waals surface area contributed by atoms with Gasteiger partial charge in [0.15, 0.2) is 0 Å². The smallest absolute Gasteiger partial charge is 0.231 e. The van der Waals surface area contributed by atoms with Crippen LogP contribution in [0.4, 0.5) is 0 Å². The van der Waals surface area contributed by atoms with Crippen LogP contribution in [-0.2, 0) is 18.1 Å². The number of hydrogen-bond acceptors (Lipinski definition) is 5. The van der Waals surface area contributed by atoms with E-state index in [0.29, 0.717) is 25.8 Å². The van der Waals surface area contributed by atoms with Crippen molar-refractivity contribution < 1.29 is 14.2 Å². The molecule has 0 spiro atoms. The minimum atomic E-state index is -1.21. The van der Waals surface area contributed by atoms with Crippen molar-refractivity contribution >= 4 is 30.0 Å². The predicted octanol–water partition coefficient (Wildman–Crippen LogP) is 8.26. The summed E-state index contributed by atoms with van der Waals surface area (Å²) in [6.45, 7) is 8.70. The van der Waals surface area contributed by atoms with Gasteiger partial charge < -0.3 is 23.8 Å². The van der Waals surface area contributed by atoms with Crippen molar-refractivity contribution in [2.24, 2.45) is 0 Å². The normalized spacial score (nSPS) is 11.8. The topological polar surface area (TPSA) is 74.2 Å². The third kappa shape index (κ3) is 6.34. The molecule has 3 aromatic carbocycles. The van der Waals surface area contributed by atoms with E-state index in [1.165, 1.54) is 0 Å². The van der Waals surface area contributed by atoms with E-state index in [-0.39, 0.29) is 0 Å². The zero-order valence-corrected chi connectivity index (χ0v) is 24.6. The highest BCUT2D eigenvalue weighted by Gasteiger charge is 2.18. The lowest BCUT2D eigenvalue weighted by atomic mass is 10.1. The molecule has 3 heterocycles. The summed E-state index contributed by atoms with van der Waals surface area (Å²) in [7, 11) is -1.21. The molecule has 0 amide bonds. The summed E-state index contributed by atoms with van der Waals surface area (Å²) in [5, 5.41) is 1.91. The fourth-order valence-electron chi connectivity index (χ4n) is 4.70. The SMILES string of the molecule is C[Si](C)(C)CCOCn1c(-c2ccc(OCc3ccccc3)cc2)cc2c(Oc3ccc4[nH]ccc4c3)ncnc21. The number of aromatic amines is 1. The molecule has 7 nitrogen and oxygen atoms in total. The predicted molar refractivity (Wildman–Crippen MR) is 166 cm³/mol. The summed E-state index contributed by atoms with van der Waals surface area (Å²) in [6.07, 6.45) is 3.47. The first kappa shape index (κ1) is 26.8. The maximum Gasteiger partial charge on any atom is 0.231 e. The van der Waals surface area contributed by atoms with Crippen molar-refractivity contribution in [1.82, 2.24) is 19.5 Å². The Labute approximate surface area is 240 Å². The average molecular weight is 563 g/mol. The van der Waals surface area contributed by atoms with E-state index in [2.05, 4.69) is 69.5 Å². The number of nitrogens with one attached hydrogen (secondary N) is 1. The van der Waals surface area contributed by atoms with E-state index in [1.54, 1.807) is 6.33 Å². The van der Waals surface area contributed by atoms with Gasteiger partial charge in [0.1, 0.15) is 36.8 Å². The third-order valence-electron chi connectivity index (χ3n) is 7.01. The molecule has 0 bridgehead atoms. The van der Waals surface area contributed by atoms with Crippen molar-refractivity contribution in [2.45, 2.75) is 39.0 Å². The van der Waals surface area contributed by atoms with Gasteiger partial charge in [0.05, 0.1) is 11.1 Å². The van der Waals surface area contributed by atoms with Gasteiger partial charge in [-0.15, -0.1) is 0 Å². The van der Waals surface area contributed by atoms with Gasteiger partial charge in [-0.3, -0.25) is 0 Å². The second-order valence-corrected chi connectivity index (χ2v) is 17.0. The molecule has 3 aromatic heterocycles. The van der Waals surface area contributed by atoms with Crippen LogP contribution >= 0.6 is 0 Å². The highest BCUT2D eigenvalue weighted by molar-refractivity contribution is 6.76. The minimum absolute atomic E-state index is 0.390. The Morgan fingerprint density at radius 1 is 0.854 bits per heavy atom. The van der Waals surface area contributed by atoms with Crippen LogP contribution in [0.2, 0.25) is 25.7 Å². The number of benzene rings is 3. The molecule has 208 valence electrons. The second-order valence-electron chi connectivity index (χ2n) is 11.3. The molecule has 0 atom stereocenters. The summed E-state index contributed by atoms with van der Waals surface area (Å²) < 4.78 is 20.6. The van der Waals surface area contributed by atoms with Gasteiger partial charge in [-0.25, -0.2) is 9.97 Å². The molecule has 6 aromatic rings. The lowest BCUT2D eigenvalue weighted by Crippen LogP contribution is -2.22. The van der Waals surface area contributed by atoms with E-state index in [9.17, 15) is 0 Å². The van der Waals surface area contributed by atoms with E-state index in [4.69, 9.17) is 14.2 Å². The van der Waals surface area contributed by atoms with E-state index >= 15 is 0 Å². The maximum atomic E-state index is 6.30. The second kappa shape index (κ2) is 11.6. The number of hydrogen-bond donors (Lipinski definition) is 1. The molecule has 0 radical (unpaired) electrons. The van der Waals surface area contributed by atoms with Crippen molar-refractivity contribution in [3.8, 4) is 28.6 Å². The van der Waals surface area contributed by atoms with E-state index < -0.39 is 8.07 Å². The summed E-state index contributed by atoms with van der Waals surface area (Å²) in [6, 6.07) is 29.5. The van der Waals surface area contributed by atoms with Crippen LogP contribution < -0.4 is 9.47 Å². The highest BCUT2D eigenvalue weighted by Crippen LogP contribution is 2.35. The van der Waals surface area contributed by atoms with Crippen molar-refractivity contribution in [3.63, 3.8) is 0 Å². The van der Waals surface area contributed by atoms with E-state index in [1.807, 2.05) is 60.8 Å². The molecule has 0 unspecified atom stereocenters. The molecule has 0 fully saturated rings. The van der Waals surface area contributed by atoms with Gasteiger partial charge in [0, 0.05) is 31.8 Å². The standard InChI is InChI=1S/C33H34N4O3Si/c1-41(2,3)18-17-38-23-37-31(25-9-11-27(12-10-25)39-21-24-7-5-4-6-8-24)20-29-32(37)35-22-36-33(29)40-28-13-14-30-26(19-28)15-16-34-30/h4-16,19-20,22,34H,17-18,21,23H2,1-3H3. The van der Waals surface area contributed by atoms with Crippen LogP contribution in [0.25, 0.3) is 33.2 Å². The van der Waals surface area contributed by atoms with Crippen LogP contribution in [-0.4, -0.2) is 34.2 Å². The number of H-pyrrole nitrogens is 1. The first-order chi connectivity index (χ1) is 19.9. The summed E-state index contributed by atoms with van der Waals surface area (Å²) in [5.41, 5.74) is 4.97. The molecule has 0 aliphatic heterocycles. The Balaban J connectivity index is 1.30. The van der Waals surface area contributed by atoms with E-state index in [0.717, 1.165) is 56.3 Å². The number of fused-ring (bicyclic) bond motifs is 2. The Morgan fingerprint density at radius 3 is 2.46 bits per heavy atom. The largest absolute Gasteiger partial charge is 0.489 e. The number of aromatic nitrogens is 4. The van der Waals surface area contributed by atoms with Gasteiger partial charge in [-0.1, -0.05) is 50.0 Å². The van der Waals surface area contributed by atoms with Crippen LogP contribution in [0.5, 0.6) is 17.4 Å². The Morgan fingerprint density at radius 2 is 1.66 bits per heavy atom. The molecule has 8 heteroatoms. The van der Waals surface area contributed by atoms with Crippen molar-refractivity contribution in [3.05, 3.63) is 103 Å². The Hall–Kier alpha value is -4.40. The molecule has 1 N–H and O–H groups in total. The van der Waals surface area contributed by atoms with Crippen LogP contribution in [0.15, 0.2) is 97.5 Å². The molecular weight excluding hydrogens is 528 g/mol. The zero-order chi connectivity index (χ0) is 28.2. The first-order valence-corrected chi connectivity index (χ1v) is 17.6. The molecule has 0 aliphatic rings. The highest BCUT2D eigenvalue weighted by atomic mass is 28.3. The summed E-state index contributed by atoms with van der Waals surface area (Å²) in [4.78, 5) is 12.4. The number of rotatable bonds is 11. The average Bonchev–Trinajstić information content (AvgIpc) is 3.60. The van der Waals surface area contributed by atoms with Crippen molar-refractivity contribution in [2.75, 3.05) is 6.61 Å². The minimum Gasteiger partial charge on any atom is -0.489 e. The zero-order valence-electron chi connectivity index (χ0n) is 23.6. The Kier molecular flexibility index (Phi) is 7.58. The fraction of sp³-hybridized carbons (Fsp3) is 0.212. The van der Waals surface area contributed by atoms with Crippen LogP contribution in [0.3, 0.4) is 0 Å². The molecule has 41 heavy (non-hydrogen) atoms. The lowest BCUT2D eigenvalue weighted by molar-refractivity contribution is 0.0909. The third-order valence-corrected chi connectivity index (χ3v) is 8.71. The number of ether oxygens (including phenoxy) is 3. The Bertz CT molecular complexity index is 1760. The molecule has 6 rings (SSSR count). The maximum absolute atomic E-state index is 6.30. The summed E-state index contributed by atoms with van der Waals surface area (Å²) >= 11 is 0. The van der Waals surface area contributed by atoms with Gasteiger partial charge >= 0.3 is 0 Å². The fourth-order valence-corrected chi connectivity index (χ4v) is 5.45. The van der Waals surface area contributed by atoms with Gasteiger partial charge in [-0.05, 0) is 71.8 Å². The van der Waals surface area contributed by atoms with Crippen molar-refractivity contribution in [1.29, 1.82) is 0 Å².